The molecule has 10 heteroatoms. The number of hydrogen-bond donors (Lipinski definition) is 2. The van der Waals surface area contributed by atoms with Crippen LogP contribution in [0, 0.1) is 13.8 Å². The fourth-order valence-corrected chi connectivity index (χ4v) is 4.72. The summed E-state index contributed by atoms with van der Waals surface area (Å²) in [6.07, 6.45) is 2.75. The molecule has 2 aromatic rings. The van der Waals surface area contributed by atoms with Gasteiger partial charge in [-0.1, -0.05) is 29.4 Å². The molecule has 0 fully saturated rings. The van der Waals surface area contributed by atoms with E-state index in [2.05, 4.69) is 15.2 Å². The molecular formula is C19H23N3O6S. The fraction of sp³-hybridized carbons (Fsp3) is 0.421. The second-order valence-corrected chi connectivity index (χ2v) is 8.55. The minimum Gasteiger partial charge on any atom is -0.455 e. The van der Waals surface area contributed by atoms with Crippen molar-refractivity contribution >= 4 is 21.9 Å². The molecule has 9 nitrogen and oxygen atoms in total. The maximum Gasteiger partial charge on any atom is 0.321 e. The van der Waals surface area contributed by atoms with Crippen molar-refractivity contribution in [3.63, 3.8) is 0 Å². The molecule has 156 valence electrons. The SMILES string of the molecule is Cc1noc(C)c1S(=O)(=O)NCC(=O)OCC(=O)N[C@H]1CCCc2ccccc21. The lowest BCUT2D eigenvalue weighted by Crippen LogP contribution is -2.36. The molecule has 1 aromatic heterocycles. The zero-order valence-corrected chi connectivity index (χ0v) is 17.0. The van der Waals surface area contributed by atoms with Crippen LogP contribution in [-0.2, 0) is 30.8 Å². The van der Waals surface area contributed by atoms with Gasteiger partial charge in [-0.15, -0.1) is 0 Å². The molecule has 1 aromatic carbocycles. The Morgan fingerprint density at radius 2 is 2.03 bits per heavy atom. The Bertz CT molecular complexity index is 995. The van der Waals surface area contributed by atoms with E-state index in [-0.39, 0.29) is 22.4 Å². The number of carbonyl (C=O) groups excluding carboxylic acids is 2. The molecule has 0 radical (unpaired) electrons. The summed E-state index contributed by atoms with van der Waals surface area (Å²) in [5, 5.41) is 6.44. The highest BCUT2D eigenvalue weighted by Crippen LogP contribution is 2.29. The van der Waals surface area contributed by atoms with E-state index in [9.17, 15) is 18.0 Å². The van der Waals surface area contributed by atoms with Crippen LogP contribution in [0.5, 0.6) is 0 Å². The van der Waals surface area contributed by atoms with E-state index < -0.39 is 35.1 Å². The summed E-state index contributed by atoms with van der Waals surface area (Å²) in [7, 11) is -3.98. The minimum absolute atomic E-state index is 0.112. The Labute approximate surface area is 168 Å². The van der Waals surface area contributed by atoms with Gasteiger partial charge in [0.2, 0.25) is 10.0 Å². The van der Waals surface area contributed by atoms with Gasteiger partial charge in [0.1, 0.15) is 17.1 Å². The number of carbonyl (C=O) groups is 2. The van der Waals surface area contributed by atoms with Crippen molar-refractivity contribution < 1.29 is 27.3 Å². The largest absolute Gasteiger partial charge is 0.455 e. The lowest BCUT2D eigenvalue weighted by atomic mass is 9.88. The van der Waals surface area contributed by atoms with E-state index in [0.717, 1.165) is 24.8 Å². The van der Waals surface area contributed by atoms with Crippen molar-refractivity contribution in [1.82, 2.24) is 15.2 Å². The highest BCUT2D eigenvalue weighted by molar-refractivity contribution is 7.89. The third-order valence-electron chi connectivity index (χ3n) is 4.71. The number of esters is 1. The molecule has 1 aliphatic rings. The second kappa shape index (κ2) is 8.75. The third kappa shape index (κ3) is 5.01. The van der Waals surface area contributed by atoms with Gasteiger partial charge >= 0.3 is 5.97 Å². The Kier molecular flexibility index (Phi) is 6.33. The lowest BCUT2D eigenvalue weighted by Gasteiger charge is -2.26. The quantitative estimate of drug-likeness (QED) is 0.645. The van der Waals surface area contributed by atoms with E-state index in [1.807, 2.05) is 24.3 Å². The van der Waals surface area contributed by atoms with Gasteiger partial charge in [0.05, 0.1) is 6.04 Å². The molecule has 0 aliphatic heterocycles. The third-order valence-corrected chi connectivity index (χ3v) is 6.36. The zero-order valence-electron chi connectivity index (χ0n) is 16.2. The highest BCUT2D eigenvalue weighted by Gasteiger charge is 2.25. The first-order valence-electron chi connectivity index (χ1n) is 9.23. The maximum absolute atomic E-state index is 12.3. The van der Waals surface area contributed by atoms with Crippen LogP contribution >= 0.6 is 0 Å². The smallest absolute Gasteiger partial charge is 0.321 e. The van der Waals surface area contributed by atoms with Gasteiger partial charge in [0.15, 0.2) is 12.4 Å². The standard InChI is InChI=1S/C19H23N3O6S/c1-12-19(13(2)28-22-12)29(25,26)20-10-18(24)27-11-17(23)21-16-9-5-7-14-6-3-4-8-15(14)16/h3-4,6,8,16,20H,5,7,9-11H2,1-2H3,(H,21,23)/t16-/m0/s1. The van der Waals surface area contributed by atoms with Crippen molar-refractivity contribution in [2.75, 3.05) is 13.2 Å². The number of sulfonamides is 1. The van der Waals surface area contributed by atoms with Gasteiger partial charge in [-0.25, -0.2) is 8.42 Å². The summed E-state index contributed by atoms with van der Waals surface area (Å²) in [6.45, 7) is 1.86. The molecule has 1 atom stereocenters. The van der Waals surface area contributed by atoms with Gasteiger partial charge < -0.3 is 14.6 Å². The topological polar surface area (TPSA) is 128 Å². The van der Waals surface area contributed by atoms with Gasteiger partial charge in [0.25, 0.3) is 5.91 Å². The molecule has 0 bridgehead atoms. The highest BCUT2D eigenvalue weighted by atomic mass is 32.2. The van der Waals surface area contributed by atoms with Gasteiger partial charge in [-0.3, -0.25) is 9.59 Å². The normalized spacial score (nSPS) is 16.1. The molecule has 0 saturated heterocycles. The van der Waals surface area contributed by atoms with Crippen molar-refractivity contribution in [2.45, 2.75) is 44.0 Å². The number of amides is 1. The number of hydrogen-bond acceptors (Lipinski definition) is 7. The van der Waals surface area contributed by atoms with Crippen LogP contribution in [0.3, 0.4) is 0 Å². The number of nitrogens with zero attached hydrogens (tertiary/aromatic N) is 1. The molecular weight excluding hydrogens is 398 g/mol. The zero-order chi connectivity index (χ0) is 21.0. The minimum atomic E-state index is -3.98. The first-order chi connectivity index (χ1) is 13.8. The van der Waals surface area contributed by atoms with Crippen molar-refractivity contribution in [3.8, 4) is 0 Å². The average molecular weight is 421 g/mol. The maximum atomic E-state index is 12.3. The van der Waals surface area contributed by atoms with Crippen LogP contribution in [0.4, 0.5) is 0 Å². The lowest BCUT2D eigenvalue weighted by molar-refractivity contribution is -0.147. The van der Waals surface area contributed by atoms with Gasteiger partial charge in [0, 0.05) is 0 Å². The van der Waals surface area contributed by atoms with Crippen LogP contribution in [-0.4, -0.2) is 38.6 Å². The summed E-state index contributed by atoms with van der Waals surface area (Å²) < 4.78 is 36.4. The summed E-state index contributed by atoms with van der Waals surface area (Å²) in [6, 6.07) is 7.79. The predicted molar refractivity (Wildman–Crippen MR) is 102 cm³/mol. The number of ether oxygens (including phenoxy) is 1. The summed E-state index contributed by atoms with van der Waals surface area (Å²) in [5.41, 5.74) is 2.47. The molecule has 2 N–H and O–H groups in total. The molecule has 1 amide bonds. The molecule has 3 rings (SSSR count). The number of benzene rings is 1. The number of aryl methyl sites for hydroxylation is 3. The van der Waals surface area contributed by atoms with E-state index in [1.165, 1.54) is 19.4 Å². The Balaban J connectivity index is 1.48. The molecule has 1 aliphatic carbocycles. The fourth-order valence-electron chi connectivity index (χ4n) is 3.42. The number of fused-ring (bicyclic) bond motifs is 1. The van der Waals surface area contributed by atoms with E-state index >= 15 is 0 Å². The molecule has 1 heterocycles. The number of aromatic nitrogens is 1. The summed E-state index contributed by atoms with van der Waals surface area (Å²) >= 11 is 0. The molecule has 0 saturated carbocycles. The van der Waals surface area contributed by atoms with Crippen LogP contribution in [0.2, 0.25) is 0 Å². The van der Waals surface area contributed by atoms with E-state index in [0.29, 0.717) is 0 Å². The monoisotopic (exact) mass is 421 g/mol. The van der Waals surface area contributed by atoms with Crippen molar-refractivity contribution in [1.29, 1.82) is 0 Å². The van der Waals surface area contributed by atoms with Gasteiger partial charge in [-0.2, -0.15) is 4.72 Å². The van der Waals surface area contributed by atoms with E-state index in [1.54, 1.807) is 0 Å². The Morgan fingerprint density at radius 1 is 1.28 bits per heavy atom. The van der Waals surface area contributed by atoms with Crippen molar-refractivity contribution in [3.05, 3.63) is 46.8 Å². The summed E-state index contributed by atoms with van der Waals surface area (Å²) in [5.74, 6) is -1.18. The summed E-state index contributed by atoms with van der Waals surface area (Å²) in [4.78, 5) is 23.9. The first-order valence-corrected chi connectivity index (χ1v) is 10.7. The van der Waals surface area contributed by atoms with Crippen LogP contribution in [0.15, 0.2) is 33.7 Å². The Morgan fingerprint density at radius 3 is 2.76 bits per heavy atom. The molecule has 29 heavy (non-hydrogen) atoms. The van der Waals surface area contributed by atoms with E-state index in [4.69, 9.17) is 9.26 Å². The van der Waals surface area contributed by atoms with Gasteiger partial charge in [-0.05, 0) is 44.2 Å². The number of nitrogens with one attached hydrogen (secondary N) is 2. The van der Waals surface area contributed by atoms with Crippen molar-refractivity contribution in [2.24, 2.45) is 0 Å². The molecule has 0 unspecified atom stereocenters. The second-order valence-electron chi connectivity index (χ2n) is 6.85. The van der Waals surface area contributed by atoms with Crippen LogP contribution in [0.1, 0.15) is 41.5 Å². The first kappa shape index (κ1) is 21.0. The predicted octanol–water partition coefficient (Wildman–Crippen LogP) is 1.31. The Hall–Kier alpha value is -2.72. The average Bonchev–Trinajstić information content (AvgIpc) is 3.04. The number of rotatable bonds is 7. The van der Waals surface area contributed by atoms with Crippen LogP contribution in [0.25, 0.3) is 0 Å². The van der Waals surface area contributed by atoms with Crippen LogP contribution < -0.4 is 10.0 Å². The molecule has 0 spiro atoms.